The molecule has 2 aliphatic rings. The quantitative estimate of drug-likeness (QED) is 0.378. The molecule has 1 N–H and O–H groups in total. The molecule has 0 saturated carbocycles. The first-order chi connectivity index (χ1) is 14.8. The van der Waals surface area contributed by atoms with E-state index in [1.807, 2.05) is 4.98 Å². The van der Waals surface area contributed by atoms with E-state index in [0.717, 1.165) is 23.8 Å². The molecule has 0 amide bonds. The van der Waals surface area contributed by atoms with Crippen molar-refractivity contribution in [3.63, 3.8) is 0 Å². The van der Waals surface area contributed by atoms with E-state index in [-0.39, 0.29) is 0 Å². The number of carbonyl (C=O) groups excluding carboxylic acids is 1. The minimum atomic E-state index is -4.27. The number of H-pyrrole nitrogens is 1. The topological polar surface area (TPSA) is 154 Å². The standard InChI is InChI=1S/C17H24FN2O11P/c1-16(2,3)31-15(23)26-9-29-32(24)27-7-10-12(25-8-28-32)17(4,18)13(30-10)20-6-5-11(21)19-14(20)22/h5-6,10,12-13H,7-9H2,1-4H3,(H,19,21,22)/t10-,12?,13-,17+,32?/m1/s1. The molecule has 0 radical (unpaired) electrons. The van der Waals surface area contributed by atoms with Crippen LogP contribution in [0.25, 0.3) is 0 Å². The molecule has 0 aliphatic carbocycles. The Kier molecular flexibility index (Phi) is 6.94. The molecule has 1 aromatic rings. The fraction of sp³-hybridized carbons (Fsp3) is 0.706. The lowest BCUT2D eigenvalue weighted by Crippen LogP contribution is -2.46. The van der Waals surface area contributed by atoms with E-state index in [4.69, 9.17) is 27.8 Å². The van der Waals surface area contributed by atoms with Gasteiger partial charge in [-0.1, -0.05) is 0 Å². The van der Waals surface area contributed by atoms with Crippen LogP contribution in [0.4, 0.5) is 9.18 Å². The van der Waals surface area contributed by atoms with Crippen molar-refractivity contribution < 1.29 is 46.3 Å². The van der Waals surface area contributed by atoms with Crippen LogP contribution < -0.4 is 11.2 Å². The van der Waals surface area contributed by atoms with Crippen LogP contribution >= 0.6 is 7.82 Å². The number of alkyl halides is 1. The summed E-state index contributed by atoms with van der Waals surface area (Å²) in [5, 5.41) is 0. The zero-order valence-corrected chi connectivity index (χ0v) is 18.7. The largest absolute Gasteiger partial charge is 0.510 e. The van der Waals surface area contributed by atoms with E-state index >= 15 is 4.39 Å². The van der Waals surface area contributed by atoms with Crippen molar-refractivity contribution in [1.29, 1.82) is 0 Å². The number of phosphoric ester groups is 1. The van der Waals surface area contributed by atoms with Crippen molar-refractivity contribution in [3.05, 3.63) is 33.1 Å². The molecule has 2 unspecified atom stereocenters. The van der Waals surface area contributed by atoms with Crippen LogP contribution in [0.1, 0.15) is 33.9 Å². The molecule has 3 heterocycles. The van der Waals surface area contributed by atoms with Crippen LogP contribution in [0.15, 0.2) is 21.9 Å². The van der Waals surface area contributed by atoms with Crippen LogP contribution in [0, 0.1) is 0 Å². The van der Waals surface area contributed by atoms with Crippen molar-refractivity contribution in [2.45, 2.75) is 57.4 Å². The van der Waals surface area contributed by atoms with Gasteiger partial charge >= 0.3 is 19.7 Å². The van der Waals surface area contributed by atoms with Gasteiger partial charge in [-0.2, -0.15) is 0 Å². The number of rotatable bonds is 4. The Bertz CT molecular complexity index is 1000. The zero-order chi connectivity index (χ0) is 23.7. The molecule has 180 valence electrons. The van der Waals surface area contributed by atoms with Crippen molar-refractivity contribution in [1.82, 2.24) is 9.55 Å². The normalized spacial score (nSPS) is 33.1. The van der Waals surface area contributed by atoms with Crippen LogP contribution in [0.2, 0.25) is 0 Å². The van der Waals surface area contributed by atoms with Gasteiger partial charge in [0.2, 0.25) is 6.79 Å². The average Bonchev–Trinajstić information content (AvgIpc) is 2.87. The van der Waals surface area contributed by atoms with E-state index in [0.29, 0.717) is 0 Å². The third kappa shape index (κ3) is 5.63. The van der Waals surface area contributed by atoms with Crippen LogP contribution in [-0.4, -0.2) is 59.4 Å². The second-order valence-electron chi connectivity index (χ2n) is 8.13. The van der Waals surface area contributed by atoms with Gasteiger partial charge in [0.05, 0.1) is 6.61 Å². The average molecular weight is 482 g/mol. The Morgan fingerprint density at radius 2 is 2.09 bits per heavy atom. The summed E-state index contributed by atoms with van der Waals surface area (Å²) in [5.74, 6) is 0. The Hall–Kier alpha value is -2.09. The Balaban J connectivity index is 1.65. The predicted octanol–water partition coefficient (Wildman–Crippen LogP) is 1.59. The second-order valence-corrected chi connectivity index (χ2v) is 9.80. The highest BCUT2D eigenvalue weighted by atomic mass is 31.2. The molecule has 32 heavy (non-hydrogen) atoms. The highest BCUT2D eigenvalue weighted by Gasteiger charge is 2.58. The molecule has 1 aromatic heterocycles. The third-order valence-corrected chi connectivity index (χ3v) is 5.73. The van der Waals surface area contributed by atoms with E-state index in [9.17, 15) is 18.9 Å². The molecular formula is C17H24FN2O11P. The number of halogens is 1. The Labute approximate surface area is 181 Å². The lowest BCUT2D eigenvalue weighted by Gasteiger charge is -2.30. The van der Waals surface area contributed by atoms with Gasteiger partial charge < -0.3 is 18.9 Å². The highest BCUT2D eigenvalue weighted by Crippen LogP contribution is 2.53. The lowest BCUT2D eigenvalue weighted by molar-refractivity contribution is -0.134. The van der Waals surface area contributed by atoms with Gasteiger partial charge in [-0.25, -0.2) is 23.1 Å². The number of aromatic amines is 1. The summed E-state index contributed by atoms with van der Waals surface area (Å²) >= 11 is 0. The number of hydrogen-bond donors (Lipinski definition) is 1. The molecule has 3 rings (SSSR count). The summed E-state index contributed by atoms with van der Waals surface area (Å²) in [4.78, 5) is 36.9. The first kappa shape index (κ1) is 24.6. The van der Waals surface area contributed by atoms with Crippen LogP contribution in [0.5, 0.6) is 0 Å². The maximum Gasteiger partial charge on any atom is 0.510 e. The van der Waals surface area contributed by atoms with E-state index in [2.05, 4.69) is 4.74 Å². The molecule has 2 saturated heterocycles. The van der Waals surface area contributed by atoms with Crippen molar-refractivity contribution >= 4 is 14.0 Å². The first-order valence-corrected chi connectivity index (χ1v) is 10.9. The SMILES string of the molecule is CC(C)(C)OC(=O)OCOP1(=O)OCOC2[C@@H](CO1)O[C@@H](n1ccc(=O)[nH]c1=O)[C@@]2(C)F. The van der Waals surface area contributed by atoms with Gasteiger partial charge in [-0.3, -0.25) is 23.4 Å². The van der Waals surface area contributed by atoms with Crippen molar-refractivity contribution in [2.24, 2.45) is 0 Å². The van der Waals surface area contributed by atoms with Gasteiger partial charge in [0.25, 0.3) is 5.56 Å². The molecule has 0 aromatic carbocycles. The number of carbonyl (C=O) groups is 1. The number of hydrogen-bond acceptors (Lipinski definition) is 11. The maximum absolute atomic E-state index is 15.5. The predicted molar refractivity (Wildman–Crippen MR) is 102 cm³/mol. The minimum Gasteiger partial charge on any atom is -0.429 e. The van der Waals surface area contributed by atoms with Gasteiger partial charge in [0, 0.05) is 12.3 Å². The van der Waals surface area contributed by atoms with Crippen molar-refractivity contribution in [3.8, 4) is 0 Å². The second kappa shape index (κ2) is 9.04. The summed E-state index contributed by atoms with van der Waals surface area (Å²) in [5.41, 5.74) is -4.59. The maximum atomic E-state index is 15.5. The molecule has 2 aliphatic heterocycles. The molecule has 0 spiro atoms. The number of aromatic nitrogens is 2. The minimum absolute atomic E-state index is 0.498. The molecule has 5 atom stereocenters. The lowest BCUT2D eigenvalue weighted by atomic mass is 9.98. The number of phosphoric acid groups is 1. The van der Waals surface area contributed by atoms with Crippen molar-refractivity contribution in [2.75, 3.05) is 20.2 Å². The molecule has 0 bridgehead atoms. The number of fused-ring (bicyclic) bond motifs is 1. The Morgan fingerprint density at radius 3 is 2.75 bits per heavy atom. The molecule has 2 fully saturated rings. The van der Waals surface area contributed by atoms with E-state index in [1.165, 1.54) is 0 Å². The summed E-state index contributed by atoms with van der Waals surface area (Å²) < 4.78 is 64.6. The van der Waals surface area contributed by atoms with Gasteiger partial charge in [-0.05, 0) is 27.7 Å². The fourth-order valence-electron chi connectivity index (χ4n) is 3.08. The van der Waals surface area contributed by atoms with E-state index in [1.54, 1.807) is 20.8 Å². The molecule has 13 nitrogen and oxygen atoms in total. The van der Waals surface area contributed by atoms with Crippen LogP contribution in [-0.2, 0) is 37.1 Å². The molecular weight excluding hydrogens is 458 g/mol. The monoisotopic (exact) mass is 482 g/mol. The zero-order valence-electron chi connectivity index (χ0n) is 17.8. The smallest absolute Gasteiger partial charge is 0.429 e. The van der Waals surface area contributed by atoms with Gasteiger partial charge in [0.1, 0.15) is 17.8 Å². The molecule has 15 heteroatoms. The summed E-state index contributed by atoms with van der Waals surface area (Å²) in [6.07, 6.45) is -3.82. The fourth-order valence-corrected chi connectivity index (χ4v) is 4.01. The Morgan fingerprint density at radius 1 is 1.38 bits per heavy atom. The number of nitrogens with one attached hydrogen (secondary N) is 1. The first-order valence-electron chi connectivity index (χ1n) is 9.48. The van der Waals surface area contributed by atoms with Gasteiger partial charge in [-0.15, -0.1) is 0 Å². The summed E-state index contributed by atoms with van der Waals surface area (Å²) in [6, 6.07) is 1.04. The van der Waals surface area contributed by atoms with E-state index < -0.39 is 75.1 Å². The summed E-state index contributed by atoms with van der Waals surface area (Å²) in [7, 11) is -4.27. The number of nitrogens with zero attached hydrogens (tertiary/aromatic N) is 1. The number of ether oxygens (including phenoxy) is 4. The van der Waals surface area contributed by atoms with Gasteiger partial charge in [0.15, 0.2) is 18.7 Å². The summed E-state index contributed by atoms with van der Waals surface area (Å²) in [6.45, 7) is 4.01. The third-order valence-electron chi connectivity index (χ3n) is 4.42. The highest BCUT2D eigenvalue weighted by molar-refractivity contribution is 7.48. The van der Waals surface area contributed by atoms with Crippen LogP contribution in [0.3, 0.4) is 0 Å².